The summed E-state index contributed by atoms with van der Waals surface area (Å²) >= 11 is 6.87. The van der Waals surface area contributed by atoms with E-state index in [1.165, 1.54) is 0 Å². The number of aromatic nitrogens is 2. The van der Waals surface area contributed by atoms with Gasteiger partial charge in [0.2, 0.25) is 0 Å². The van der Waals surface area contributed by atoms with Crippen LogP contribution in [0.2, 0.25) is 0 Å². The van der Waals surface area contributed by atoms with Crippen LogP contribution >= 0.6 is 31.9 Å². The Labute approximate surface area is 179 Å². The molecule has 0 saturated heterocycles. The van der Waals surface area contributed by atoms with Gasteiger partial charge in [0.15, 0.2) is 0 Å². The lowest BCUT2D eigenvalue weighted by atomic mass is 10.2. The van der Waals surface area contributed by atoms with Crippen molar-refractivity contribution in [3.8, 4) is 5.69 Å². The van der Waals surface area contributed by atoms with Crippen molar-refractivity contribution in [1.82, 2.24) is 14.9 Å². The highest BCUT2D eigenvalue weighted by atomic mass is 79.9. The lowest BCUT2D eigenvalue weighted by Gasteiger charge is -2.10. The van der Waals surface area contributed by atoms with Crippen LogP contribution in [0.25, 0.3) is 16.7 Å². The molecule has 0 saturated carbocycles. The fraction of sp³-hybridized carbons (Fsp3) is 0.0909. The summed E-state index contributed by atoms with van der Waals surface area (Å²) in [5.41, 5.74) is 3.69. The molecule has 4 rings (SSSR count). The fourth-order valence-corrected chi connectivity index (χ4v) is 3.64. The number of amides is 1. The van der Waals surface area contributed by atoms with Gasteiger partial charge in [0.05, 0.1) is 11.0 Å². The van der Waals surface area contributed by atoms with Crippen molar-refractivity contribution in [3.05, 3.63) is 93.1 Å². The number of imidazole rings is 1. The lowest BCUT2D eigenvalue weighted by Crippen LogP contribution is -2.26. The Balaban J connectivity index is 1.56. The van der Waals surface area contributed by atoms with E-state index >= 15 is 0 Å². The molecule has 4 nitrogen and oxygen atoms in total. The first-order chi connectivity index (χ1) is 13.6. The Bertz CT molecular complexity index is 1120. The number of para-hydroxylation sites is 2. The minimum absolute atomic E-state index is 0.0844. The molecule has 1 N–H and O–H groups in total. The average molecular weight is 499 g/mol. The van der Waals surface area contributed by atoms with Crippen LogP contribution in [0.5, 0.6) is 0 Å². The summed E-state index contributed by atoms with van der Waals surface area (Å²) in [5.74, 6) is 0.832. The van der Waals surface area contributed by atoms with Crippen LogP contribution in [0.3, 0.4) is 0 Å². The number of fused-ring (bicyclic) bond motifs is 1. The Kier molecular flexibility index (Phi) is 5.59. The van der Waals surface area contributed by atoms with E-state index < -0.39 is 0 Å². The van der Waals surface area contributed by atoms with Gasteiger partial charge in [0.25, 0.3) is 5.91 Å². The lowest BCUT2D eigenvalue weighted by molar-refractivity contribution is 0.0954. The Morgan fingerprint density at radius 2 is 1.54 bits per heavy atom. The zero-order valence-electron chi connectivity index (χ0n) is 14.9. The van der Waals surface area contributed by atoms with Gasteiger partial charge in [-0.1, -0.05) is 44.0 Å². The van der Waals surface area contributed by atoms with Crippen molar-refractivity contribution >= 4 is 48.8 Å². The maximum Gasteiger partial charge on any atom is 0.251 e. The number of rotatable bonds is 5. The van der Waals surface area contributed by atoms with Gasteiger partial charge in [-0.3, -0.25) is 9.36 Å². The predicted molar refractivity (Wildman–Crippen MR) is 119 cm³/mol. The van der Waals surface area contributed by atoms with Gasteiger partial charge in [-0.2, -0.15) is 0 Å². The van der Waals surface area contributed by atoms with Crippen molar-refractivity contribution in [2.45, 2.75) is 6.42 Å². The minimum Gasteiger partial charge on any atom is -0.352 e. The molecule has 6 heteroatoms. The zero-order valence-corrected chi connectivity index (χ0v) is 18.1. The number of nitrogens with one attached hydrogen (secondary N) is 1. The van der Waals surface area contributed by atoms with Crippen LogP contribution in [0.4, 0.5) is 0 Å². The topological polar surface area (TPSA) is 46.9 Å². The van der Waals surface area contributed by atoms with E-state index in [9.17, 15) is 4.79 Å². The summed E-state index contributed by atoms with van der Waals surface area (Å²) in [5, 5.41) is 2.98. The van der Waals surface area contributed by atoms with Crippen LogP contribution in [0.15, 0.2) is 81.7 Å². The predicted octanol–water partition coefficient (Wildman–Crippen LogP) is 5.52. The van der Waals surface area contributed by atoms with Crippen molar-refractivity contribution in [2.24, 2.45) is 0 Å². The summed E-state index contributed by atoms with van der Waals surface area (Å²) in [4.78, 5) is 17.1. The number of hydrogen-bond donors (Lipinski definition) is 1. The summed E-state index contributed by atoms with van der Waals surface area (Å²) in [7, 11) is 0. The average Bonchev–Trinajstić information content (AvgIpc) is 3.07. The van der Waals surface area contributed by atoms with Gasteiger partial charge in [-0.15, -0.1) is 0 Å². The smallest absolute Gasteiger partial charge is 0.251 e. The molecule has 1 heterocycles. The first-order valence-electron chi connectivity index (χ1n) is 8.88. The second kappa shape index (κ2) is 8.29. The van der Waals surface area contributed by atoms with Crippen molar-refractivity contribution in [3.63, 3.8) is 0 Å². The number of halogens is 2. The molecule has 3 aromatic carbocycles. The third-order valence-corrected chi connectivity index (χ3v) is 5.51. The van der Waals surface area contributed by atoms with Crippen LogP contribution in [-0.2, 0) is 6.42 Å². The maximum absolute atomic E-state index is 12.4. The highest BCUT2D eigenvalue weighted by molar-refractivity contribution is 9.10. The molecule has 0 unspecified atom stereocenters. The molecule has 1 amide bonds. The van der Waals surface area contributed by atoms with Gasteiger partial charge < -0.3 is 5.32 Å². The molecule has 140 valence electrons. The highest BCUT2D eigenvalue weighted by Gasteiger charge is 2.13. The third kappa shape index (κ3) is 4.03. The molecule has 4 aromatic rings. The zero-order chi connectivity index (χ0) is 19.5. The molecule has 28 heavy (non-hydrogen) atoms. The van der Waals surface area contributed by atoms with Gasteiger partial charge in [0.1, 0.15) is 5.82 Å². The fourth-order valence-electron chi connectivity index (χ4n) is 3.11. The molecule has 0 aliphatic rings. The van der Waals surface area contributed by atoms with E-state index in [0.29, 0.717) is 18.5 Å². The molecule has 0 aliphatic heterocycles. The van der Waals surface area contributed by atoms with E-state index in [1.807, 2.05) is 42.5 Å². The highest BCUT2D eigenvalue weighted by Crippen LogP contribution is 2.23. The third-order valence-electron chi connectivity index (χ3n) is 4.46. The van der Waals surface area contributed by atoms with E-state index in [1.54, 1.807) is 12.1 Å². The molecular weight excluding hydrogens is 482 g/mol. The van der Waals surface area contributed by atoms with E-state index in [2.05, 4.69) is 59.9 Å². The summed E-state index contributed by atoms with van der Waals surface area (Å²) in [6.07, 6.45) is 0.632. The summed E-state index contributed by atoms with van der Waals surface area (Å²) < 4.78 is 4.13. The van der Waals surface area contributed by atoms with Crippen LogP contribution in [-0.4, -0.2) is 22.0 Å². The minimum atomic E-state index is -0.0844. The van der Waals surface area contributed by atoms with E-state index in [0.717, 1.165) is 31.5 Å². The number of nitrogens with zero attached hydrogens (tertiary/aromatic N) is 2. The molecule has 0 bridgehead atoms. The number of hydrogen-bond acceptors (Lipinski definition) is 2. The SMILES string of the molecule is O=C(NCCc1nc2ccccc2n1-c1ccc(Br)cc1)c1ccc(Br)cc1. The second-order valence-electron chi connectivity index (χ2n) is 6.34. The summed E-state index contributed by atoms with van der Waals surface area (Å²) in [6, 6.07) is 23.6. The first kappa shape index (κ1) is 18.9. The molecular formula is C22H17Br2N3O. The van der Waals surface area contributed by atoms with Gasteiger partial charge in [-0.25, -0.2) is 4.98 Å². The quantitative estimate of drug-likeness (QED) is 0.393. The number of carbonyl (C=O) groups excluding carboxylic acids is 1. The van der Waals surface area contributed by atoms with E-state index in [4.69, 9.17) is 4.98 Å². The monoisotopic (exact) mass is 497 g/mol. The molecule has 1 aromatic heterocycles. The van der Waals surface area contributed by atoms with Crippen molar-refractivity contribution < 1.29 is 4.79 Å². The normalized spacial score (nSPS) is 10.9. The van der Waals surface area contributed by atoms with Gasteiger partial charge >= 0.3 is 0 Å². The number of benzene rings is 3. The van der Waals surface area contributed by atoms with E-state index in [-0.39, 0.29) is 5.91 Å². The summed E-state index contributed by atoms with van der Waals surface area (Å²) in [6.45, 7) is 0.509. The first-order valence-corrected chi connectivity index (χ1v) is 10.5. The van der Waals surface area contributed by atoms with Crippen molar-refractivity contribution in [2.75, 3.05) is 6.54 Å². The van der Waals surface area contributed by atoms with Crippen LogP contribution < -0.4 is 5.32 Å². The van der Waals surface area contributed by atoms with Crippen LogP contribution in [0, 0.1) is 0 Å². The van der Waals surface area contributed by atoms with Gasteiger partial charge in [0, 0.05) is 33.2 Å². The maximum atomic E-state index is 12.4. The standard InChI is InChI=1S/C22H17Br2N3O/c23-16-7-5-15(6-8-16)22(28)25-14-13-21-26-19-3-1-2-4-20(19)27(21)18-11-9-17(24)10-12-18/h1-12H,13-14H2,(H,25,28). The number of carbonyl (C=O) groups is 1. The molecule has 0 fully saturated rings. The van der Waals surface area contributed by atoms with Crippen molar-refractivity contribution in [1.29, 1.82) is 0 Å². The van der Waals surface area contributed by atoms with Crippen LogP contribution in [0.1, 0.15) is 16.2 Å². The Morgan fingerprint density at radius 1 is 0.893 bits per heavy atom. The Hall–Kier alpha value is -2.44. The second-order valence-corrected chi connectivity index (χ2v) is 8.17. The Morgan fingerprint density at radius 3 is 2.25 bits per heavy atom. The largest absolute Gasteiger partial charge is 0.352 e. The molecule has 0 radical (unpaired) electrons. The van der Waals surface area contributed by atoms with Gasteiger partial charge in [-0.05, 0) is 60.7 Å². The molecule has 0 aliphatic carbocycles. The molecule has 0 atom stereocenters. The molecule has 0 spiro atoms.